The fourth-order valence-corrected chi connectivity index (χ4v) is 5.93. The third-order valence-corrected chi connectivity index (χ3v) is 6.84. The standard InChI is InChI=1S/C21H30N2O2/c1-14-3-5-19(6-4-14)25-13-22-20(24)23-15(2)21-10-16-7-17(11-21)9-18(8-16)12-21/h3-6,15-18H,7-13H2,1-2H3,(H2,22,23,24). The highest BCUT2D eigenvalue weighted by molar-refractivity contribution is 5.74. The lowest BCUT2D eigenvalue weighted by Crippen LogP contribution is -2.57. The van der Waals surface area contributed by atoms with Gasteiger partial charge in [0.05, 0.1) is 0 Å². The number of hydrogen-bond acceptors (Lipinski definition) is 2. The van der Waals surface area contributed by atoms with Crippen molar-refractivity contribution < 1.29 is 9.53 Å². The van der Waals surface area contributed by atoms with Gasteiger partial charge in [-0.05, 0) is 87.7 Å². The maximum Gasteiger partial charge on any atom is 0.317 e. The normalized spacial score (nSPS) is 33.8. The molecule has 0 aliphatic heterocycles. The Morgan fingerprint density at radius 1 is 1.12 bits per heavy atom. The van der Waals surface area contributed by atoms with Crippen LogP contribution >= 0.6 is 0 Å². The van der Waals surface area contributed by atoms with E-state index in [4.69, 9.17) is 4.74 Å². The first-order valence-electron chi connectivity index (χ1n) is 9.76. The average molecular weight is 342 g/mol. The van der Waals surface area contributed by atoms with Crippen molar-refractivity contribution in [2.24, 2.45) is 23.2 Å². The summed E-state index contributed by atoms with van der Waals surface area (Å²) in [4.78, 5) is 12.3. The number of amides is 2. The van der Waals surface area contributed by atoms with E-state index in [2.05, 4.69) is 17.6 Å². The molecule has 0 heterocycles. The van der Waals surface area contributed by atoms with Crippen molar-refractivity contribution in [3.05, 3.63) is 29.8 Å². The van der Waals surface area contributed by atoms with Gasteiger partial charge in [-0.15, -0.1) is 0 Å². The van der Waals surface area contributed by atoms with Crippen LogP contribution in [0.5, 0.6) is 5.75 Å². The van der Waals surface area contributed by atoms with Crippen LogP contribution in [0.4, 0.5) is 4.79 Å². The molecule has 4 fully saturated rings. The van der Waals surface area contributed by atoms with Gasteiger partial charge in [-0.3, -0.25) is 0 Å². The second kappa shape index (κ2) is 6.54. The Bertz CT molecular complexity index is 590. The zero-order valence-corrected chi connectivity index (χ0v) is 15.4. The Hall–Kier alpha value is -1.71. The highest BCUT2D eigenvalue weighted by Gasteiger charge is 2.53. The van der Waals surface area contributed by atoms with Crippen molar-refractivity contribution in [2.75, 3.05) is 6.73 Å². The molecular weight excluding hydrogens is 312 g/mol. The Morgan fingerprint density at radius 3 is 2.24 bits per heavy atom. The summed E-state index contributed by atoms with van der Waals surface area (Å²) >= 11 is 0. The second-order valence-corrected chi connectivity index (χ2v) is 8.75. The van der Waals surface area contributed by atoms with Gasteiger partial charge < -0.3 is 15.4 Å². The van der Waals surface area contributed by atoms with Crippen molar-refractivity contribution in [3.8, 4) is 5.75 Å². The first-order chi connectivity index (χ1) is 12.0. The topological polar surface area (TPSA) is 50.4 Å². The molecule has 0 spiro atoms. The van der Waals surface area contributed by atoms with Crippen LogP contribution in [0.1, 0.15) is 51.0 Å². The first kappa shape index (κ1) is 16.7. The Labute approximate surface area is 150 Å². The molecule has 4 aliphatic rings. The van der Waals surface area contributed by atoms with Crippen molar-refractivity contribution in [1.82, 2.24) is 10.6 Å². The SMILES string of the molecule is Cc1ccc(OCNC(=O)NC(C)C23CC4CC(CC(C4)C2)C3)cc1. The summed E-state index contributed by atoms with van der Waals surface area (Å²) in [5, 5.41) is 6.04. The fraction of sp³-hybridized carbons (Fsp3) is 0.667. The van der Waals surface area contributed by atoms with Gasteiger partial charge in [0.2, 0.25) is 0 Å². The van der Waals surface area contributed by atoms with E-state index in [-0.39, 0.29) is 18.8 Å². The van der Waals surface area contributed by atoms with Crippen LogP contribution in [0.2, 0.25) is 0 Å². The molecule has 1 unspecified atom stereocenters. The van der Waals surface area contributed by atoms with Crippen molar-refractivity contribution in [3.63, 3.8) is 0 Å². The van der Waals surface area contributed by atoms with Gasteiger partial charge >= 0.3 is 6.03 Å². The number of carbonyl (C=O) groups excluding carboxylic acids is 1. The minimum Gasteiger partial charge on any atom is -0.473 e. The monoisotopic (exact) mass is 342 g/mol. The maximum absolute atomic E-state index is 12.3. The third kappa shape index (κ3) is 3.49. The summed E-state index contributed by atoms with van der Waals surface area (Å²) in [7, 11) is 0. The summed E-state index contributed by atoms with van der Waals surface area (Å²) in [6.45, 7) is 4.44. The molecule has 1 aromatic carbocycles. The highest BCUT2D eigenvalue weighted by atomic mass is 16.5. The number of benzene rings is 1. The van der Waals surface area contributed by atoms with E-state index >= 15 is 0 Å². The summed E-state index contributed by atoms with van der Waals surface area (Å²) < 4.78 is 5.59. The predicted octanol–water partition coefficient (Wildman–Crippen LogP) is 4.24. The molecule has 4 saturated carbocycles. The van der Waals surface area contributed by atoms with E-state index < -0.39 is 0 Å². The molecule has 2 amide bonds. The Balaban J connectivity index is 1.27. The van der Waals surface area contributed by atoms with E-state index in [0.29, 0.717) is 5.41 Å². The van der Waals surface area contributed by atoms with E-state index in [0.717, 1.165) is 23.5 Å². The van der Waals surface area contributed by atoms with Gasteiger partial charge in [-0.1, -0.05) is 17.7 Å². The molecule has 0 aromatic heterocycles. The van der Waals surface area contributed by atoms with Crippen LogP contribution in [0, 0.1) is 30.1 Å². The van der Waals surface area contributed by atoms with E-state index in [1.54, 1.807) is 0 Å². The number of aryl methyl sites for hydroxylation is 1. The van der Waals surface area contributed by atoms with E-state index in [9.17, 15) is 4.79 Å². The van der Waals surface area contributed by atoms with Crippen molar-refractivity contribution in [1.29, 1.82) is 0 Å². The number of ether oxygens (including phenoxy) is 1. The fourth-order valence-electron chi connectivity index (χ4n) is 5.93. The molecule has 136 valence electrons. The van der Waals surface area contributed by atoms with Gasteiger partial charge in [0.15, 0.2) is 6.73 Å². The lowest BCUT2D eigenvalue weighted by Gasteiger charge is -2.59. The quantitative estimate of drug-likeness (QED) is 0.787. The van der Waals surface area contributed by atoms with Crippen LogP contribution in [-0.4, -0.2) is 18.8 Å². The van der Waals surface area contributed by atoms with Crippen LogP contribution in [0.25, 0.3) is 0 Å². The Kier molecular flexibility index (Phi) is 4.38. The van der Waals surface area contributed by atoms with Gasteiger partial charge in [-0.25, -0.2) is 4.79 Å². The molecule has 25 heavy (non-hydrogen) atoms. The number of carbonyl (C=O) groups is 1. The highest BCUT2D eigenvalue weighted by Crippen LogP contribution is 2.61. The van der Waals surface area contributed by atoms with Crippen molar-refractivity contribution in [2.45, 2.75) is 58.4 Å². The van der Waals surface area contributed by atoms with Gasteiger partial charge in [0.1, 0.15) is 5.75 Å². The first-order valence-corrected chi connectivity index (χ1v) is 9.76. The zero-order chi connectivity index (χ0) is 17.4. The molecule has 4 bridgehead atoms. The minimum atomic E-state index is -0.115. The van der Waals surface area contributed by atoms with Crippen LogP contribution in [0.3, 0.4) is 0 Å². The average Bonchev–Trinajstić information content (AvgIpc) is 2.55. The largest absolute Gasteiger partial charge is 0.473 e. The van der Waals surface area contributed by atoms with Gasteiger partial charge in [0, 0.05) is 6.04 Å². The Morgan fingerprint density at radius 2 is 1.68 bits per heavy atom. The minimum absolute atomic E-state index is 0.115. The second-order valence-electron chi connectivity index (χ2n) is 8.75. The molecule has 0 radical (unpaired) electrons. The maximum atomic E-state index is 12.3. The molecule has 4 nitrogen and oxygen atoms in total. The van der Waals surface area contributed by atoms with Gasteiger partial charge in [0.25, 0.3) is 0 Å². The third-order valence-electron chi connectivity index (χ3n) is 6.84. The summed E-state index contributed by atoms with van der Waals surface area (Å²) in [6, 6.07) is 7.98. The molecule has 5 rings (SSSR count). The molecule has 1 aromatic rings. The summed E-state index contributed by atoms with van der Waals surface area (Å²) in [5.41, 5.74) is 1.53. The van der Waals surface area contributed by atoms with Crippen LogP contribution in [0.15, 0.2) is 24.3 Å². The smallest absolute Gasteiger partial charge is 0.317 e. The molecule has 4 heteroatoms. The van der Waals surface area contributed by atoms with Crippen LogP contribution in [-0.2, 0) is 0 Å². The number of hydrogen-bond donors (Lipinski definition) is 2. The number of urea groups is 1. The summed E-state index contributed by atoms with van der Waals surface area (Å²) in [6.07, 6.45) is 8.22. The molecule has 4 aliphatic carbocycles. The predicted molar refractivity (Wildman–Crippen MR) is 98.4 cm³/mol. The molecular formula is C21H30N2O2. The molecule has 0 saturated heterocycles. The zero-order valence-electron chi connectivity index (χ0n) is 15.4. The number of nitrogens with one attached hydrogen (secondary N) is 2. The molecule has 1 atom stereocenters. The van der Waals surface area contributed by atoms with Gasteiger partial charge in [-0.2, -0.15) is 0 Å². The van der Waals surface area contributed by atoms with Crippen molar-refractivity contribution >= 4 is 6.03 Å². The number of rotatable bonds is 5. The van der Waals surface area contributed by atoms with E-state index in [1.165, 1.54) is 44.1 Å². The lowest BCUT2D eigenvalue weighted by atomic mass is 9.48. The van der Waals surface area contributed by atoms with E-state index in [1.807, 2.05) is 31.2 Å². The molecule has 2 N–H and O–H groups in total. The summed E-state index contributed by atoms with van der Waals surface area (Å²) in [5.74, 6) is 3.50. The van der Waals surface area contributed by atoms with Crippen LogP contribution < -0.4 is 15.4 Å². The lowest BCUT2D eigenvalue weighted by molar-refractivity contribution is -0.0682.